The number of hydrogen-bond donors (Lipinski definition) is 2. The summed E-state index contributed by atoms with van der Waals surface area (Å²) in [5.74, 6) is -1.56. The third kappa shape index (κ3) is 4.08. The number of hydrogen-bond acceptors (Lipinski definition) is 3. The van der Waals surface area contributed by atoms with Gasteiger partial charge in [0.1, 0.15) is 5.69 Å². The smallest absolute Gasteiger partial charge is 0.224 e. The first-order valence-corrected chi connectivity index (χ1v) is 6.25. The molecule has 19 heavy (non-hydrogen) atoms. The average molecular weight is 271 g/mol. The molecule has 1 aromatic rings. The summed E-state index contributed by atoms with van der Waals surface area (Å²) >= 11 is 0. The second-order valence-corrected chi connectivity index (χ2v) is 4.10. The van der Waals surface area contributed by atoms with E-state index < -0.39 is 11.6 Å². The molecule has 0 unspecified atom stereocenters. The van der Waals surface area contributed by atoms with Crippen LogP contribution in [0.4, 0.5) is 20.2 Å². The van der Waals surface area contributed by atoms with Gasteiger partial charge in [0.2, 0.25) is 5.91 Å². The molecule has 0 radical (unpaired) electrons. The zero-order chi connectivity index (χ0) is 14.4. The van der Waals surface area contributed by atoms with Gasteiger partial charge in [-0.2, -0.15) is 0 Å². The average Bonchev–Trinajstić information content (AvgIpc) is 2.34. The van der Waals surface area contributed by atoms with E-state index in [9.17, 15) is 13.6 Å². The fourth-order valence-electron chi connectivity index (χ4n) is 1.79. The minimum Gasteiger partial charge on any atom is -0.399 e. The van der Waals surface area contributed by atoms with Crippen LogP contribution in [-0.4, -0.2) is 30.4 Å². The van der Waals surface area contributed by atoms with Gasteiger partial charge in [0.05, 0.1) is 0 Å². The monoisotopic (exact) mass is 271 g/mol. The molecule has 1 amide bonds. The van der Waals surface area contributed by atoms with Gasteiger partial charge in [-0.1, -0.05) is 0 Å². The Morgan fingerprint density at radius 3 is 2.26 bits per heavy atom. The molecule has 3 N–H and O–H groups in total. The topological polar surface area (TPSA) is 58.4 Å². The molecule has 0 spiro atoms. The summed E-state index contributed by atoms with van der Waals surface area (Å²) in [4.78, 5) is 13.4. The predicted octanol–water partition coefficient (Wildman–Crippen LogP) is 2.22. The van der Waals surface area contributed by atoms with Crippen molar-refractivity contribution in [3.8, 4) is 0 Å². The molecule has 0 aliphatic rings. The van der Waals surface area contributed by atoms with Crippen LogP contribution in [0.5, 0.6) is 0 Å². The quantitative estimate of drug-likeness (QED) is 0.780. The van der Waals surface area contributed by atoms with E-state index in [1.54, 1.807) is 4.90 Å². The predicted molar refractivity (Wildman–Crippen MR) is 71.8 cm³/mol. The van der Waals surface area contributed by atoms with Gasteiger partial charge in [0.25, 0.3) is 0 Å². The molecule has 0 bridgehead atoms. The summed E-state index contributed by atoms with van der Waals surface area (Å²) in [6.07, 6.45) is 0.185. The number of carbonyl (C=O) groups is 1. The lowest BCUT2D eigenvalue weighted by atomic mass is 10.2. The molecule has 0 saturated carbocycles. The number of rotatable bonds is 6. The van der Waals surface area contributed by atoms with Gasteiger partial charge in [-0.05, 0) is 26.0 Å². The minimum absolute atomic E-state index is 0.0276. The molecule has 0 aliphatic heterocycles. The van der Waals surface area contributed by atoms with Crippen LogP contribution in [0.2, 0.25) is 0 Å². The van der Waals surface area contributed by atoms with Crippen LogP contribution in [0.1, 0.15) is 20.3 Å². The number of amides is 1. The van der Waals surface area contributed by atoms with Crippen molar-refractivity contribution in [2.24, 2.45) is 0 Å². The maximum Gasteiger partial charge on any atom is 0.224 e. The second-order valence-electron chi connectivity index (χ2n) is 4.10. The number of nitrogens with one attached hydrogen (secondary N) is 1. The van der Waals surface area contributed by atoms with Crippen LogP contribution in [0.15, 0.2) is 12.1 Å². The standard InChI is InChI=1S/C13H19F2N3O/c1-3-18(4-2)12(19)5-6-17-13-10(14)7-9(16)8-11(13)15/h7-8,17H,3-6,16H2,1-2H3. The number of nitrogen functional groups attached to an aromatic ring is 1. The fourth-order valence-corrected chi connectivity index (χ4v) is 1.79. The molecule has 0 aromatic heterocycles. The highest BCUT2D eigenvalue weighted by Gasteiger charge is 2.12. The maximum atomic E-state index is 13.4. The SMILES string of the molecule is CCN(CC)C(=O)CCNc1c(F)cc(N)cc1F. The molecule has 0 heterocycles. The molecule has 106 valence electrons. The molecular weight excluding hydrogens is 252 g/mol. The van der Waals surface area contributed by atoms with Crippen molar-refractivity contribution in [2.75, 3.05) is 30.7 Å². The number of benzene rings is 1. The van der Waals surface area contributed by atoms with E-state index in [1.165, 1.54) is 0 Å². The summed E-state index contributed by atoms with van der Waals surface area (Å²) in [7, 11) is 0. The van der Waals surface area contributed by atoms with Crippen LogP contribution in [0, 0.1) is 11.6 Å². The molecular formula is C13H19F2N3O. The summed E-state index contributed by atoms with van der Waals surface area (Å²) in [6, 6.07) is 2.08. The Balaban J connectivity index is 2.57. The van der Waals surface area contributed by atoms with E-state index in [0.717, 1.165) is 12.1 Å². The van der Waals surface area contributed by atoms with E-state index in [2.05, 4.69) is 5.32 Å². The Hall–Kier alpha value is -1.85. The summed E-state index contributed by atoms with van der Waals surface area (Å²) in [5.41, 5.74) is 5.09. The Bertz CT molecular complexity index is 425. The Kier molecular flexibility index (Phi) is 5.54. The van der Waals surface area contributed by atoms with Crippen molar-refractivity contribution in [1.29, 1.82) is 0 Å². The minimum atomic E-state index is -0.757. The first-order chi connectivity index (χ1) is 8.99. The van der Waals surface area contributed by atoms with Gasteiger partial charge in [-0.3, -0.25) is 4.79 Å². The van der Waals surface area contributed by atoms with Gasteiger partial charge >= 0.3 is 0 Å². The highest BCUT2D eigenvalue weighted by atomic mass is 19.1. The first-order valence-electron chi connectivity index (χ1n) is 6.25. The van der Waals surface area contributed by atoms with Crippen LogP contribution in [0.3, 0.4) is 0 Å². The normalized spacial score (nSPS) is 10.3. The van der Waals surface area contributed by atoms with Gasteiger partial charge < -0.3 is 16.0 Å². The first kappa shape index (κ1) is 15.2. The van der Waals surface area contributed by atoms with E-state index in [0.29, 0.717) is 13.1 Å². The molecule has 1 aromatic carbocycles. The zero-order valence-corrected chi connectivity index (χ0v) is 11.2. The van der Waals surface area contributed by atoms with Crippen LogP contribution < -0.4 is 11.1 Å². The van der Waals surface area contributed by atoms with E-state index in [1.807, 2.05) is 13.8 Å². The molecule has 0 atom stereocenters. The molecule has 0 fully saturated rings. The summed E-state index contributed by atoms with van der Waals surface area (Å²) in [5, 5.41) is 2.59. The Labute approximate surface area is 111 Å². The number of nitrogens with two attached hydrogens (primary N) is 1. The molecule has 6 heteroatoms. The highest BCUT2D eigenvalue weighted by molar-refractivity contribution is 5.76. The molecule has 1 rings (SSSR count). The van der Waals surface area contributed by atoms with E-state index >= 15 is 0 Å². The maximum absolute atomic E-state index is 13.4. The van der Waals surface area contributed by atoms with Crippen molar-refractivity contribution >= 4 is 17.3 Å². The summed E-state index contributed by atoms with van der Waals surface area (Å²) < 4.78 is 26.9. The molecule has 4 nitrogen and oxygen atoms in total. The molecule has 0 saturated heterocycles. The van der Waals surface area contributed by atoms with Crippen molar-refractivity contribution in [3.05, 3.63) is 23.8 Å². The lowest BCUT2D eigenvalue weighted by Crippen LogP contribution is -2.31. The van der Waals surface area contributed by atoms with Crippen LogP contribution in [0.25, 0.3) is 0 Å². The van der Waals surface area contributed by atoms with Crippen LogP contribution >= 0.6 is 0 Å². The lowest BCUT2D eigenvalue weighted by Gasteiger charge is -2.18. The lowest BCUT2D eigenvalue weighted by molar-refractivity contribution is -0.130. The summed E-state index contributed by atoms with van der Waals surface area (Å²) in [6.45, 7) is 5.19. The van der Waals surface area contributed by atoms with Gasteiger partial charge in [-0.15, -0.1) is 0 Å². The van der Waals surface area contributed by atoms with Crippen molar-refractivity contribution in [3.63, 3.8) is 0 Å². The van der Waals surface area contributed by atoms with E-state index in [-0.39, 0.29) is 30.2 Å². The van der Waals surface area contributed by atoms with Crippen LogP contribution in [-0.2, 0) is 4.79 Å². The number of carbonyl (C=O) groups excluding carboxylic acids is 1. The second kappa shape index (κ2) is 6.92. The number of nitrogens with zero attached hydrogens (tertiary/aromatic N) is 1. The largest absolute Gasteiger partial charge is 0.399 e. The Morgan fingerprint density at radius 2 is 1.79 bits per heavy atom. The fraction of sp³-hybridized carbons (Fsp3) is 0.462. The third-order valence-electron chi connectivity index (χ3n) is 2.82. The van der Waals surface area contributed by atoms with Gasteiger partial charge in [0.15, 0.2) is 11.6 Å². The number of halogens is 2. The zero-order valence-electron chi connectivity index (χ0n) is 11.2. The number of anilines is 2. The van der Waals surface area contributed by atoms with Crippen molar-refractivity contribution in [2.45, 2.75) is 20.3 Å². The van der Waals surface area contributed by atoms with Gasteiger partial charge in [0, 0.05) is 31.7 Å². The van der Waals surface area contributed by atoms with Crippen molar-refractivity contribution in [1.82, 2.24) is 4.90 Å². The van der Waals surface area contributed by atoms with Gasteiger partial charge in [-0.25, -0.2) is 8.78 Å². The molecule has 0 aliphatic carbocycles. The highest BCUT2D eigenvalue weighted by Crippen LogP contribution is 2.21. The van der Waals surface area contributed by atoms with E-state index in [4.69, 9.17) is 5.73 Å². The van der Waals surface area contributed by atoms with Crippen molar-refractivity contribution < 1.29 is 13.6 Å². The third-order valence-corrected chi connectivity index (χ3v) is 2.82. The Morgan fingerprint density at radius 1 is 1.26 bits per heavy atom.